The van der Waals surface area contributed by atoms with Gasteiger partial charge in [0, 0.05) is 57.2 Å². The topological polar surface area (TPSA) is 63.9 Å². The van der Waals surface area contributed by atoms with Crippen LogP contribution in [0.25, 0.3) is 0 Å². The first-order chi connectivity index (χ1) is 21.6. The number of pyridine rings is 1. The Morgan fingerprint density at radius 1 is 0.913 bits per heavy atom. The molecule has 2 saturated heterocycles. The maximum Gasteiger partial charge on any atom is 0.416 e. The third kappa shape index (κ3) is 5.34. The summed E-state index contributed by atoms with van der Waals surface area (Å²) in [5, 5.41) is 15.0. The summed E-state index contributed by atoms with van der Waals surface area (Å²) < 4.78 is 68.2. The highest BCUT2D eigenvalue weighted by molar-refractivity contribution is 6.74. The SMILES string of the molecule is CC(C)(C)[Si](C)(C)OC1CC2(CCC2)Cc2c1c1c(c(C3CCOCC3)[n+]2[O-])[C@@H](c2ccc(C(F)(F)F)cc2)OC12CCOCC2. The predicted molar refractivity (Wildman–Crippen MR) is 170 cm³/mol. The molecular formula is C36H48F3NO5Si. The number of fused-ring (bicyclic) bond motifs is 4. The number of benzene rings is 1. The second-order valence-electron chi connectivity index (χ2n) is 16.0. The lowest BCUT2D eigenvalue weighted by Gasteiger charge is -2.50. The Hall–Kier alpha value is -1.98. The minimum Gasteiger partial charge on any atom is -0.618 e. The van der Waals surface area contributed by atoms with Crippen LogP contribution in [-0.2, 0) is 36.8 Å². The summed E-state index contributed by atoms with van der Waals surface area (Å²) >= 11 is 0. The average molecular weight is 660 g/mol. The molecule has 1 unspecified atom stereocenters. The van der Waals surface area contributed by atoms with Gasteiger partial charge in [0.15, 0.2) is 14.0 Å². The summed E-state index contributed by atoms with van der Waals surface area (Å²) in [7, 11) is -2.27. The van der Waals surface area contributed by atoms with Crippen LogP contribution in [-0.4, -0.2) is 34.7 Å². The van der Waals surface area contributed by atoms with E-state index >= 15 is 5.21 Å². The Morgan fingerprint density at radius 2 is 1.54 bits per heavy atom. The molecule has 2 aliphatic carbocycles. The van der Waals surface area contributed by atoms with Gasteiger partial charge in [0.1, 0.15) is 6.10 Å². The highest BCUT2D eigenvalue weighted by atomic mass is 28.4. The molecule has 4 heterocycles. The van der Waals surface area contributed by atoms with Crippen LogP contribution in [0.1, 0.15) is 129 Å². The minimum absolute atomic E-state index is 0.0222. The quantitative estimate of drug-likeness (QED) is 0.187. The van der Waals surface area contributed by atoms with Crippen LogP contribution in [0.2, 0.25) is 18.1 Å². The lowest BCUT2D eigenvalue weighted by Crippen LogP contribution is -2.52. The maximum atomic E-state index is 15.0. The molecular weight excluding hydrogens is 611 g/mol. The van der Waals surface area contributed by atoms with Gasteiger partial charge < -0.3 is 23.8 Å². The Bertz CT molecular complexity index is 1470. The van der Waals surface area contributed by atoms with Gasteiger partial charge in [-0.05, 0) is 73.3 Å². The molecule has 1 aromatic carbocycles. The molecule has 0 bridgehead atoms. The predicted octanol–water partition coefficient (Wildman–Crippen LogP) is 8.54. The Balaban J connectivity index is 1.49. The maximum absolute atomic E-state index is 15.0. The zero-order chi connectivity index (χ0) is 32.7. The van der Waals surface area contributed by atoms with Crippen LogP contribution in [0.3, 0.4) is 0 Å². The molecule has 5 aliphatic rings. The zero-order valence-electron chi connectivity index (χ0n) is 27.9. The van der Waals surface area contributed by atoms with Gasteiger partial charge in [-0.15, -0.1) is 0 Å². The first-order valence-corrected chi connectivity index (χ1v) is 20.1. The first-order valence-electron chi connectivity index (χ1n) is 17.2. The van der Waals surface area contributed by atoms with E-state index < -0.39 is 31.8 Å². The fourth-order valence-corrected chi connectivity index (χ4v) is 9.78. The molecule has 2 aromatic rings. The van der Waals surface area contributed by atoms with Crippen LogP contribution in [0.4, 0.5) is 13.2 Å². The fourth-order valence-electron chi connectivity index (χ4n) is 8.52. The van der Waals surface area contributed by atoms with Crippen molar-refractivity contribution in [3.05, 3.63) is 68.7 Å². The Kier molecular flexibility index (Phi) is 7.99. The summed E-state index contributed by atoms with van der Waals surface area (Å²) in [6.45, 7) is 13.5. The lowest BCUT2D eigenvalue weighted by molar-refractivity contribution is -0.627. The molecule has 1 aromatic heterocycles. The van der Waals surface area contributed by atoms with Gasteiger partial charge in [-0.3, -0.25) is 0 Å². The molecule has 7 rings (SSSR count). The van der Waals surface area contributed by atoms with Crippen molar-refractivity contribution in [1.82, 2.24) is 0 Å². The van der Waals surface area contributed by atoms with Crippen molar-refractivity contribution < 1.29 is 36.5 Å². The number of rotatable bonds is 4. The molecule has 10 heteroatoms. The fraction of sp³-hybridized carbons (Fsp3) is 0.694. The largest absolute Gasteiger partial charge is 0.618 e. The van der Waals surface area contributed by atoms with Crippen molar-refractivity contribution in [2.75, 3.05) is 26.4 Å². The van der Waals surface area contributed by atoms with E-state index in [2.05, 4.69) is 33.9 Å². The molecule has 2 spiro atoms. The molecule has 3 fully saturated rings. The smallest absolute Gasteiger partial charge is 0.416 e. The Labute approximate surface area is 271 Å². The number of ether oxygens (including phenoxy) is 3. The lowest BCUT2D eigenvalue weighted by atomic mass is 9.58. The van der Waals surface area contributed by atoms with Crippen LogP contribution in [0, 0.1) is 10.6 Å². The molecule has 6 nitrogen and oxygen atoms in total. The van der Waals surface area contributed by atoms with Crippen molar-refractivity contribution in [3.63, 3.8) is 0 Å². The first kappa shape index (κ1) is 32.6. The van der Waals surface area contributed by atoms with E-state index in [1.165, 1.54) is 23.3 Å². The summed E-state index contributed by atoms with van der Waals surface area (Å²) in [6.07, 6.45) is 2.31. The standard InChI is InChI=1S/C36H48F3NO5Si/c1-33(2,3)46(4,5)45-27-22-34(13-6-14-34)21-26-28(27)30-29(31(40(26)41)23-11-17-42-18-12-23)32(44-35(30)15-19-43-20-16-35)24-7-9-25(10-8-24)36(37,38)39/h7-10,23,27,32H,6,11-22H2,1-5H3/t27?,32-/m1/s1. The second kappa shape index (κ2) is 11.3. The molecule has 0 radical (unpaired) electrons. The monoisotopic (exact) mass is 659 g/mol. The van der Waals surface area contributed by atoms with E-state index in [9.17, 15) is 13.2 Å². The van der Waals surface area contributed by atoms with Crippen molar-refractivity contribution in [2.24, 2.45) is 5.41 Å². The van der Waals surface area contributed by atoms with E-state index in [4.69, 9.17) is 18.6 Å². The van der Waals surface area contributed by atoms with Crippen molar-refractivity contribution >= 4 is 8.32 Å². The van der Waals surface area contributed by atoms with E-state index in [0.29, 0.717) is 44.8 Å². The Morgan fingerprint density at radius 3 is 2.11 bits per heavy atom. The normalized spacial score (nSPS) is 26.2. The van der Waals surface area contributed by atoms with Crippen molar-refractivity contribution in [3.8, 4) is 0 Å². The molecule has 46 heavy (non-hydrogen) atoms. The van der Waals surface area contributed by atoms with Gasteiger partial charge in [-0.25, -0.2) is 0 Å². The van der Waals surface area contributed by atoms with Crippen LogP contribution < -0.4 is 4.73 Å². The van der Waals surface area contributed by atoms with Gasteiger partial charge in [0.2, 0.25) is 5.69 Å². The summed E-state index contributed by atoms with van der Waals surface area (Å²) in [6, 6.07) is 5.33. The third-order valence-corrected chi connectivity index (χ3v) is 16.7. The van der Waals surface area contributed by atoms with Crippen molar-refractivity contribution in [2.45, 2.75) is 127 Å². The average Bonchev–Trinajstić information content (AvgIpc) is 3.29. The van der Waals surface area contributed by atoms with Crippen LogP contribution >= 0.6 is 0 Å². The van der Waals surface area contributed by atoms with Crippen LogP contribution in [0.5, 0.6) is 0 Å². The number of halogens is 3. The van der Waals surface area contributed by atoms with Gasteiger partial charge in [-0.1, -0.05) is 39.3 Å². The molecule has 252 valence electrons. The molecule has 3 aliphatic heterocycles. The van der Waals surface area contributed by atoms with Gasteiger partial charge in [-0.2, -0.15) is 17.9 Å². The van der Waals surface area contributed by atoms with E-state index in [1.807, 2.05) is 0 Å². The summed E-state index contributed by atoms with van der Waals surface area (Å²) in [5.41, 5.74) is 3.78. The highest BCUT2D eigenvalue weighted by Crippen LogP contribution is 2.61. The number of hydrogen-bond donors (Lipinski definition) is 0. The van der Waals surface area contributed by atoms with Crippen molar-refractivity contribution in [1.29, 1.82) is 0 Å². The van der Waals surface area contributed by atoms with E-state index in [0.717, 1.165) is 78.7 Å². The molecule has 0 amide bonds. The minimum atomic E-state index is -4.44. The second-order valence-corrected chi connectivity index (χ2v) is 20.8. The zero-order valence-corrected chi connectivity index (χ0v) is 28.9. The highest BCUT2D eigenvalue weighted by Gasteiger charge is 2.58. The van der Waals surface area contributed by atoms with E-state index in [-0.39, 0.29) is 22.5 Å². The van der Waals surface area contributed by atoms with E-state index in [1.54, 1.807) is 0 Å². The summed E-state index contributed by atoms with van der Waals surface area (Å²) in [4.78, 5) is 0. The summed E-state index contributed by atoms with van der Waals surface area (Å²) in [5.74, 6) is -0.0279. The molecule has 0 N–H and O–H groups in total. The van der Waals surface area contributed by atoms with Gasteiger partial charge >= 0.3 is 6.18 Å². The number of aromatic nitrogens is 1. The third-order valence-electron chi connectivity index (χ3n) is 12.2. The van der Waals surface area contributed by atoms with Crippen LogP contribution in [0.15, 0.2) is 24.3 Å². The number of nitrogens with zero attached hydrogens (tertiary/aromatic N) is 1. The number of hydrogen-bond acceptors (Lipinski definition) is 5. The van der Waals surface area contributed by atoms with Gasteiger partial charge in [0.25, 0.3) is 0 Å². The molecule has 2 atom stereocenters. The van der Waals surface area contributed by atoms with Gasteiger partial charge in [0.05, 0.1) is 28.4 Å². The number of alkyl halides is 3. The molecule has 1 saturated carbocycles.